The minimum Gasteiger partial charge on any atom is -0.370 e. The first-order chi connectivity index (χ1) is 10.9. The third kappa shape index (κ3) is 3.84. The van der Waals surface area contributed by atoms with Crippen molar-refractivity contribution >= 4 is 21.7 Å². The van der Waals surface area contributed by atoms with Crippen LogP contribution in [0.2, 0.25) is 0 Å². The van der Waals surface area contributed by atoms with E-state index in [4.69, 9.17) is 5.73 Å². The maximum Gasteiger partial charge on any atom is 0.211 e. The summed E-state index contributed by atoms with van der Waals surface area (Å²) in [7, 11) is -3.16. The molecule has 6 nitrogen and oxygen atoms in total. The largest absolute Gasteiger partial charge is 0.370 e. The number of fused-ring (bicyclic) bond motifs is 1. The third-order valence-electron chi connectivity index (χ3n) is 4.59. The van der Waals surface area contributed by atoms with E-state index in [1.807, 2.05) is 6.07 Å². The maximum absolute atomic E-state index is 11.7. The quantitative estimate of drug-likeness (QED) is 0.641. The molecule has 1 saturated heterocycles. The molecule has 0 saturated carbocycles. The second-order valence-electron chi connectivity index (χ2n) is 6.36. The van der Waals surface area contributed by atoms with Crippen molar-refractivity contribution in [1.82, 2.24) is 4.31 Å². The molecular formula is C16H24N4O2S. The number of nitrogens with one attached hydrogen (secondary N) is 1. The summed E-state index contributed by atoms with van der Waals surface area (Å²) in [5.74, 6) is 0.336. The molecule has 3 N–H and O–H groups in total. The average molecular weight is 336 g/mol. The Balaban J connectivity index is 1.62. The lowest BCUT2D eigenvalue weighted by atomic mass is 10.1. The number of anilines is 1. The molecule has 0 radical (unpaired) electrons. The Hall–Kier alpha value is -1.60. The van der Waals surface area contributed by atoms with Gasteiger partial charge < -0.3 is 11.1 Å². The molecule has 126 valence electrons. The van der Waals surface area contributed by atoms with E-state index in [9.17, 15) is 8.42 Å². The molecule has 2 aliphatic rings. The highest BCUT2D eigenvalue weighted by atomic mass is 32.2. The van der Waals surface area contributed by atoms with Crippen LogP contribution in [0.3, 0.4) is 0 Å². The van der Waals surface area contributed by atoms with Crippen LogP contribution in [-0.4, -0.2) is 44.1 Å². The van der Waals surface area contributed by atoms with Gasteiger partial charge in [-0.05, 0) is 55.4 Å². The molecule has 1 aliphatic heterocycles. The molecule has 1 aromatic carbocycles. The summed E-state index contributed by atoms with van der Waals surface area (Å²) in [6.07, 6.45) is 6.45. The molecule has 3 rings (SSSR count). The second-order valence-corrected chi connectivity index (χ2v) is 8.29. The standard InChI is InChI=1S/C16H24N4O2S/c1-23(21,22)20-9-3-6-15(20)11-18-16(17)19-14-8-7-12-4-2-5-13(12)10-14/h7-8,10,15H,2-6,9,11H2,1H3,(H3,17,18,19)/t15-/m1/s1. The lowest BCUT2D eigenvalue weighted by molar-refractivity contribution is 0.397. The van der Waals surface area contributed by atoms with E-state index in [2.05, 4.69) is 22.4 Å². The molecule has 0 bridgehead atoms. The summed E-state index contributed by atoms with van der Waals surface area (Å²) < 4.78 is 25.0. The van der Waals surface area contributed by atoms with Crippen molar-refractivity contribution in [3.63, 3.8) is 0 Å². The molecule has 1 aliphatic carbocycles. The minimum atomic E-state index is -3.16. The minimum absolute atomic E-state index is 0.0784. The van der Waals surface area contributed by atoms with Crippen LogP contribution in [0.15, 0.2) is 23.2 Å². The SMILES string of the molecule is CS(=O)(=O)N1CCC[C@@H]1CN=C(N)Nc1ccc2c(c1)CCC2. The molecule has 0 spiro atoms. The number of aliphatic imine (C=N–C) groups is 1. The topological polar surface area (TPSA) is 87.8 Å². The number of rotatable bonds is 4. The summed E-state index contributed by atoms with van der Waals surface area (Å²) in [5, 5.41) is 3.11. The van der Waals surface area contributed by atoms with Crippen LogP contribution >= 0.6 is 0 Å². The number of aryl methyl sites for hydroxylation is 2. The fourth-order valence-corrected chi connectivity index (χ4v) is 4.64. The Morgan fingerprint density at radius 2 is 2.13 bits per heavy atom. The van der Waals surface area contributed by atoms with Gasteiger partial charge in [-0.3, -0.25) is 4.99 Å². The van der Waals surface area contributed by atoms with Crippen LogP contribution in [0.25, 0.3) is 0 Å². The highest BCUT2D eigenvalue weighted by Gasteiger charge is 2.31. The predicted octanol–water partition coefficient (Wildman–Crippen LogP) is 1.33. The van der Waals surface area contributed by atoms with Gasteiger partial charge in [0.2, 0.25) is 10.0 Å². The molecule has 1 fully saturated rings. The zero-order chi connectivity index (χ0) is 16.4. The number of sulfonamides is 1. The Morgan fingerprint density at radius 3 is 2.91 bits per heavy atom. The number of benzene rings is 1. The number of guanidine groups is 1. The van der Waals surface area contributed by atoms with Gasteiger partial charge in [0.1, 0.15) is 0 Å². The Labute approximate surface area is 137 Å². The summed E-state index contributed by atoms with van der Waals surface area (Å²) in [5.41, 5.74) is 9.69. The monoisotopic (exact) mass is 336 g/mol. The molecule has 1 atom stereocenters. The fourth-order valence-electron chi connectivity index (χ4n) is 3.47. The number of nitrogens with zero attached hydrogens (tertiary/aromatic N) is 2. The van der Waals surface area contributed by atoms with Gasteiger partial charge in [0.05, 0.1) is 12.8 Å². The second kappa shape index (κ2) is 6.49. The van der Waals surface area contributed by atoms with E-state index in [0.717, 1.165) is 31.4 Å². The first-order valence-corrected chi connectivity index (χ1v) is 9.94. The van der Waals surface area contributed by atoms with Crippen LogP contribution in [0.1, 0.15) is 30.4 Å². The van der Waals surface area contributed by atoms with Crippen LogP contribution in [0.4, 0.5) is 5.69 Å². The number of nitrogens with two attached hydrogens (primary N) is 1. The highest BCUT2D eigenvalue weighted by molar-refractivity contribution is 7.88. The maximum atomic E-state index is 11.7. The van der Waals surface area contributed by atoms with Gasteiger partial charge in [-0.1, -0.05) is 6.07 Å². The Morgan fingerprint density at radius 1 is 1.35 bits per heavy atom. The van der Waals surface area contributed by atoms with E-state index >= 15 is 0 Å². The van der Waals surface area contributed by atoms with Crippen molar-refractivity contribution in [2.24, 2.45) is 10.7 Å². The predicted molar refractivity (Wildman–Crippen MR) is 93.2 cm³/mol. The van der Waals surface area contributed by atoms with Gasteiger partial charge in [-0.2, -0.15) is 4.31 Å². The third-order valence-corrected chi connectivity index (χ3v) is 5.93. The zero-order valence-corrected chi connectivity index (χ0v) is 14.3. The average Bonchev–Trinajstić information content (AvgIpc) is 3.12. The van der Waals surface area contributed by atoms with Crippen molar-refractivity contribution in [2.75, 3.05) is 24.7 Å². The Kier molecular flexibility index (Phi) is 4.59. The molecule has 7 heteroatoms. The van der Waals surface area contributed by atoms with Crippen molar-refractivity contribution < 1.29 is 8.42 Å². The summed E-state index contributed by atoms with van der Waals surface area (Å²) >= 11 is 0. The summed E-state index contributed by atoms with van der Waals surface area (Å²) in [6.45, 7) is 0.980. The first kappa shape index (κ1) is 16.3. The lowest BCUT2D eigenvalue weighted by Gasteiger charge is -2.20. The summed E-state index contributed by atoms with van der Waals surface area (Å²) in [4.78, 5) is 4.34. The van der Waals surface area contributed by atoms with Crippen molar-refractivity contribution in [2.45, 2.75) is 38.1 Å². The van der Waals surface area contributed by atoms with E-state index in [1.165, 1.54) is 28.1 Å². The molecule has 23 heavy (non-hydrogen) atoms. The smallest absolute Gasteiger partial charge is 0.211 e. The molecule has 0 unspecified atom stereocenters. The first-order valence-electron chi connectivity index (χ1n) is 8.09. The highest BCUT2D eigenvalue weighted by Crippen LogP contribution is 2.25. The van der Waals surface area contributed by atoms with E-state index < -0.39 is 10.0 Å². The van der Waals surface area contributed by atoms with Gasteiger partial charge in [-0.15, -0.1) is 0 Å². The number of hydrogen-bond donors (Lipinski definition) is 2. The molecule has 0 aromatic heterocycles. The summed E-state index contributed by atoms with van der Waals surface area (Å²) in [6, 6.07) is 6.21. The van der Waals surface area contributed by atoms with Crippen LogP contribution in [0, 0.1) is 0 Å². The van der Waals surface area contributed by atoms with Crippen molar-refractivity contribution in [3.05, 3.63) is 29.3 Å². The van der Waals surface area contributed by atoms with Gasteiger partial charge in [0, 0.05) is 18.3 Å². The van der Waals surface area contributed by atoms with E-state index in [-0.39, 0.29) is 6.04 Å². The number of hydrogen-bond acceptors (Lipinski definition) is 3. The van der Waals surface area contributed by atoms with Crippen molar-refractivity contribution in [3.8, 4) is 0 Å². The molecule has 1 aromatic rings. The van der Waals surface area contributed by atoms with Gasteiger partial charge in [0.15, 0.2) is 5.96 Å². The van der Waals surface area contributed by atoms with Crippen LogP contribution < -0.4 is 11.1 Å². The lowest BCUT2D eigenvalue weighted by Crippen LogP contribution is -2.37. The Bertz CT molecular complexity index is 715. The fraction of sp³-hybridized carbons (Fsp3) is 0.562. The zero-order valence-electron chi connectivity index (χ0n) is 13.5. The van der Waals surface area contributed by atoms with Crippen molar-refractivity contribution in [1.29, 1.82) is 0 Å². The van der Waals surface area contributed by atoms with Gasteiger partial charge >= 0.3 is 0 Å². The normalized spacial score (nSPS) is 22.3. The molecule has 1 heterocycles. The van der Waals surface area contributed by atoms with Gasteiger partial charge in [0.25, 0.3) is 0 Å². The molecule has 0 amide bonds. The van der Waals surface area contributed by atoms with Crippen LogP contribution in [0.5, 0.6) is 0 Å². The van der Waals surface area contributed by atoms with E-state index in [0.29, 0.717) is 19.0 Å². The van der Waals surface area contributed by atoms with Crippen LogP contribution in [-0.2, 0) is 22.9 Å². The van der Waals surface area contributed by atoms with E-state index in [1.54, 1.807) is 0 Å². The van der Waals surface area contributed by atoms with Gasteiger partial charge in [-0.25, -0.2) is 8.42 Å². The molecular weight excluding hydrogens is 312 g/mol.